The summed E-state index contributed by atoms with van der Waals surface area (Å²) in [6.45, 7) is 0. The smallest absolute Gasteiger partial charge is 0.259 e. The van der Waals surface area contributed by atoms with E-state index in [9.17, 15) is 4.79 Å². The molecule has 0 fully saturated rings. The predicted octanol–water partition coefficient (Wildman–Crippen LogP) is 3.91. The highest BCUT2D eigenvalue weighted by atomic mass is 16.5. The van der Waals surface area contributed by atoms with Crippen molar-refractivity contribution in [1.82, 2.24) is 20.2 Å². The highest BCUT2D eigenvalue weighted by Gasteiger charge is 2.15. The van der Waals surface area contributed by atoms with Crippen molar-refractivity contribution in [2.45, 2.75) is 0 Å². The van der Waals surface area contributed by atoms with Crippen LogP contribution in [0.5, 0.6) is 11.5 Å². The lowest BCUT2D eigenvalue weighted by Crippen LogP contribution is -2.12. The van der Waals surface area contributed by atoms with Gasteiger partial charge >= 0.3 is 0 Å². The molecule has 0 unspecified atom stereocenters. The van der Waals surface area contributed by atoms with Gasteiger partial charge in [-0.05, 0) is 36.4 Å². The molecule has 2 N–H and O–H groups in total. The Balaban J connectivity index is 1.53. The zero-order valence-corrected chi connectivity index (χ0v) is 14.2. The van der Waals surface area contributed by atoms with Gasteiger partial charge in [0.15, 0.2) is 0 Å². The summed E-state index contributed by atoms with van der Waals surface area (Å²) in [4.78, 5) is 20.7. The molecule has 0 aliphatic carbocycles. The molecule has 0 atom stereocenters. The maximum absolute atomic E-state index is 12.7. The highest BCUT2D eigenvalue weighted by Crippen LogP contribution is 2.25. The lowest BCUT2D eigenvalue weighted by Gasteiger charge is -2.09. The summed E-state index contributed by atoms with van der Waals surface area (Å²) in [5, 5.41) is 9.71. The standard InChI is InChI=1S/C20H15N5O2/c26-20(18-13-23-25-19(18)14-3-2-8-22-12-14)24-15-4-1-5-17(11-15)27-16-6-9-21-10-7-16/h1-13H,(H,23,25)(H,24,26). The van der Waals surface area contributed by atoms with E-state index in [0.29, 0.717) is 28.4 Å². The van der Waals surface area contributed by atoms with Gasteiger partial charge in [-0.15, -0.1) is 0 Å². The fourth-order valence-corrected chi connectivity index (χ4v) is 2.57. The van der Waals surface area contributed by atoms with Crippen molar-refractivity contribution < 1.29 is 9.53 Å². The van der Waals surface area contributed by atoms with Gasteiger partial charge in [0.1, 0.15) is 11.5 Å². The number of carbonyl (C=O) groups is 1. The van der Waals surface area contributed by atoms with Crippen LogP contribution in [0.4, 0.5) is 5.69 Å². The third-order valence-electron chi connectivity index (χ3n) is 3.81. The van der Waals surface area contributed by atoms with Crippen molar-refractivity contribution in [3.8, 4) is 22.8 Å². The molecule has 132 valence electrons. The fraction of sp³-hybridized carbons (Fsp3) is 0. The minimum Gasteiger partial charge on any atom is -0.457 e. The Labute approximate surface area is 155 Å². The Kier molecular flexibility index (Phi) is 4.57. The van der Waals surface area contributed by atoms with Crippen LogP contribution in [0.2, 0.25) is 0 Å². The van der Waals surface area contributed by atoms with Crippen LogP contribution in [0.25, 0.3) is 11.3 Å². The number of pyridine rings is 2. The van der Waals surface area contributed by atoms with Gasteiger partial charge in [-0.2, -0.15) is 5.10 Å². The minimum absolute atomic E-state index is 0.274. The molecule has 4 aromatic rings. The summed E-state index contributed by atoms with van der Waals surface area (Å²) in [5.74, 6) is 1.00. The van der Waals surface area contributed by atoms with Crippen LogP contribution in [0.15, 0.2) is 79.5 Å². The second kappa shape index (κ2) is 7.49. The molecule has 4 rings (SSSR count). The number of aromatic nitrogens is 4. The first-order chi connectivity index (χ1) is 13.3. The Morgan fingerprint density at radius 1 is 0.926 bits per heavy atom. The number of amides is 1. The quantitative estimate of drug-likeness (QED) is 0.565. The van der Waals surface area contributed by atoms with Crippen molar-refractivity contribution in [3.63, 3.8) is 0 Å². The molecular weight excluding hydrogens is 342 g/mol. The number of ether oxygens (including phenoxy) is 1. The molecule has 0 radical (unpaired) electrons. The highest BCUT2D eigenvalue weighted by molar-refractivity contribution is 6.08. The SMILES string of the molecule is O=C(Nc1cccc(Oc2ccncc2)c1)c1cn[nH]c1-c1cccnc1. The van der Waals surface area contributed by atoms with Crippen molar-refractivity contribution in [2.24, 2.45) is 0 Å². The third-order valence-corrected chi connectivity index (χ3v) is 3.81. The van der Waals surface area contributed by atoms with Gasteiger partial charge in [-0.1, -0.05) is 6.07 Å². The third kappa shape index (κ3) is 3.82. The number of rotatable bonds is 5. The van der Waals surface area contributed by atoms with E-state index < -0.39 is 0 Å². The lowest BCUT2D eigenvalue weighted by molar-refractivity contribution is 0.102. The van der Waals surface area contributed by atoms with Crippen LogP contribution in [-0.4, -0.2) is 26.1 Å². The van der Waals surface area contributed by atoms with Gasteiger partial charge < -0.3 is 10.1 Å². The van der Waals surface area contributed by atoms with Gasteiger partial charge in [0, 0.05) is 42.1 Å². The van der Waals surface area contributed by atoms with E-state index in [1.54, 1.807) is 55.1 Å². The molecular formula is C20H15N5O2. The maximum atomic E-state index is 12.7. The summed E-state index contributed by atoms with van der Waals surface area (Å²) in [6.07, 6.45) is 8.15. The van der Waals surface area contributed by atoms with Crippen LogP contribution >= 0.6 is 0 Å². The molecule has 7 nitrogen and oxygen atoms in total. The van der Waals surface area contributed by atoms with Crippen molar-refractivity contribution in [1.29, 1.82) is 0 Å². The number of anilines is 1. The van der Waals surface area contributed by atoms with E-state index in [2.05, 4.69) is 25.5 Å². The molecule has 0 bridgehead atoms. The zero-order valence-electron chi connectivity index (χ0n) is 14.2. The molecule has 0 aliphatic heterocycles. The molecule has 7 heteroatoms. The predicted molar refractivity (Wildman–Crippen MR) is 101 cm³/mol. The average Bonchev–Trinajstić information content (AvgIpc) is 3.20. The molecule has 0 spiro atoms. The molecule has 3 aromatic heterocycles. The van der Waals surface area contributed by atoms with Gasteiger partial charge in [0.2, 0.25) is 0 Å². The summed E-state index contributed by atoms with van der Waals surface area (Å²) < 4.78 is 5.77. The van der Waals surface area contributed by atoms with Crippen LogP contribution < -0.4 is 10.1 Å². The van der Waals surface area contributed by atoms with Crippen molar-refractivity contribution in [2.75, 3.05) is 5.32 Å². The normalized spacial score (nSPS) is 10.4. The Bertz CT molecular complexity index is 1050. The van der Waals surface area contributed by atoms with Gasteiger partial charge in [-0.3, -0.25) is 19.9 Å². The number of hydrogen-bond donors (Lipinski definition) is 2. The number of benzene rings is 1. The van der Waals surface area contributed by atoms with E-state index in [0.717, 1.165) is 5.56 Å². The Morgan fingerprint density at radius 2 is 1.81 bits per heavy atom. The number of nitrogens with zero attached hydrogens (tertiary/aromatic N) is 3. The number of aromatic amines is 1. The van der Waals surface area contributed by atoms with Crippen molar-refractivity contribution >= 4 is 11.6 Å². The Morgan fingerprint density at radius 3 is 2.63 bits per heavy atom. The van der Waals surface area contributed by atoms with Crippen LogP contribution in [0.3, 0.4) is 0 Å². The number of hydrogen-bond acceptors (Lipinski definition) is 5. The first kappa shape index (κ1) is 16.5. The van der Waals surface area contributed by atoms with Gasteiger partial charge in [-0.25, -0.2) is 0 Å². The van der Waals surface area contributed by atoms with E-state index in [-0.39, 0.29) is 5.91 Å². The Hall–Kier alpha value is -4.00. The van der Waals surface area contributed by atoms with Gasteiger partial charge in [0.25, 0.3) is 5.91 Å². The summed E-state index contributed by atoms with van der Waals surface area (Å²) >= 11 is 0. The summed E-state index contributed by atoms with van der Waals surface area (Å²) in [5.41, 5.74) is 2.45. The topological polar surface area (TPSA) is 92.8 Å². The van der Waals surface area contributed by atoms with E-state index in [1.807, 2.05) is 18.2 Å². The second-order valence-corrected chi connectivity index (χ2v) is 5.67. The van der Waals surface area contributed by atoms with Crippen LogP contribution in [0, 0.1) is 0 Å². The average molecular weight is 357 g/mol. The molecule has 3 heterocycles. The summed E-state index contributed by atoms with van der Waals surface area (Å²) in [7, 11) is 0. The van der Waals surface area contributed by atoms with Crippen molar-refractivity contribution in [3.05, 3.63) is 85.1 Å². The molecule has 27 heavy (non-hydrogen) atoms. The minimum atomic E-state index is -0.274. The first-order valence-corrected chi connectivity index (χ1v) is 8.23. The van der Waals surface area contributed by atoms with E-state index in [1.165, 1.54) is 6.20 Å². The molecule has 0 aliphatic rings. The van der Waals surface area contributed by atoms with Crippen LogP contribution in [0.1, 0.15) is 10.4 Å². The van der Waals surface area contributed by atoms with E-state index >= 15 is 0 Å². The van der Waals surface area contributed by atoms with Crippen LogP contribution in [-0.2, 0) is 0 Å². The summed E-state index contributed by atoms with van der Waals surface area (Å²) in [6, 6.07) is 14.4. The lowest BCUT2D eigenvalue weighted by atomic mass is 10.1. The number of H-pyrrole nitrogens is 1. The molecule has 1 aromatic carbocycles. The largest absolute Gasteiger partial charge is 0.457 e. The first-order valence-electron chi connectivity index (χ1n) is 8.23. The van der Waals surface area contributed by atoms with Gasteiger partial charge in [0.05, 0.1) is 17.5 Å². The number of nitrogens with one attached hydrogen (secondary N) is 2. The van der Waals surface area contributed by atoms with E-state index in [4.69, 9.17) is 4.74 Å². The molecule has 0 saturated heterocycles. The second-order valence-electron chi connectivity index (χ2n) is 5.67. The fourth-order valence-electron chi connectivity index (χ4n) is 2.57. The number of carbonyl (C=O) groups excluding carboxylic acids is 1. The molecule has 1 amide bonds. The zero-order chi connectivity index (χ0) is 18.5. The molecule has 0 saturated carbocycles. The maximum Gasteiger partial charge on any atom is 0.259 e. The monoisotopic (exact) mass is 357 g/mol.